The summed E-state index contributed by atoms with van der Waals surface area (Å²) in [6.45, 7) is 0. The number of halogens is 2. The minimum Gasteiger partial charge on any atom is -0.508 e. The lowest BCUT2D eigenvalue weighted by atomic mass is 10.1. The van der Waals surface area contributed by atoms with Gasteiger partial charge in [0.05, 0.1) is 0 Å². The maximum Gasteiger partial charge on any atom is 0.123 e. The van der Waals surface area contributed by atoms with Crippen molar-refractivity contribution in [2.24, 2.45) is 0 Å². The van der Waals surface area contributed by atoms with Gasteiger partial charge in [0.2, 0.25) is 0 Å². The Morgan fingerprint density at radius 2 is 1.83 bits per heavy atom. The van der Waals surface area contributed by atoms with Crippen molar-refractivity contribution in [3.8, 4) is 11.5 Å². The number of fused-ring (bicyclic) bond motifs is 1. The molecule has 124 valence electrons. The fourth-order valence-corrected chi connectivity index (χ4v) is 2.93. The molecule has 1 aliphatic rings. The molecular weight excluding hydrogens is 424 g/mol. The number of hydrogen-bond donors (Lipinski definition) is 2. The van der Waals surface area contributed by atoms with Crippen molar-refractivity contribution in [2.45, 2.75) is 30.4 Å². The minimum absolute atomic E-state index is 0.297. The zero-order valence-electron chi connectivity index (χ0n) is 12.7. The predicted molar refractivity (Wildman–Crippen MR) is 99.7 cm³/mol. The number of phenols is 1. The van der Waals surface area contributed by atoms with E-state index in [0.717, 1.165) is 23.1 Å². The Bertz CT molecular complexity index is 592. The molecule has 0 spiro atoms. The number of benzene rings is 2. The second-order valence-corrected chi connectivity index (χ2v) is 7.01. The number of phenolic OH excluding ortho intramolecular Hbond substituents is 1. The van der Waals surface area contributed by atoms with E-state index in [2.05, 4.69) is 44.0 Å². The van der Waals surface area contributed by atoms with E-state index in [-0.39, 0.29) is 0 Å². The van der Waals surface area contributed by atoms with Crippen LogP contribution in [0.4, 0.5) is 0 Å². The van der Waals surface area contributed by atoms with Gasteiger partial charge in [-0.2, -0.15) is 0 Å². The molecule has 0 saturated heterocycles. The number of aliphatic hydroxyl groups is 1. The van der Waals surface area contributed by atoms with Gasteiger partial charge in [-0.05, 0) is 36.1 Å². The standard InChI is InChI=1S/C9H11BrO2.C9H9BrO/c10-9(12)6-5-7-3-1-2-4-8(7)11;10-6-8-5-7-3-1-2-4-9(7)11-8/h1-4,9,11-12H,5-6H2;1-4,8H,5-6H2/t9-;8-/m00/s1. The molecule has 23 heavy (non-hydrogen) atoms. The largest absolute Gasteiger partial charge is 0.508 e. The number of aromatic hydroxyl groups is 1. The summed E-state index contributed by atoms with van der Waals surface area (Å²) in [6.07, 6.45) is 2.67. The summed E-state index contributed by atoms with van der Waals surface area (Å²) in [5.74, 6) is 1.35. The van der Waals surface area contributed by atoms with E-state index in [9.17, 15) is 5.11 Å². The molecule has 0 fully saturated rings. The molecule has 1 aliphatic heterocycles. The third-order valence-corrected chi connectivity index (χ3v) is 4.71. The van der Waals surface area contributed by atoms with Crippen molar-refractivity contribution in [3.63, 3.8) is 0 Å². The topological polar surface area (TPSA) is 49.7 Å². The van der Waals surface area contributed by atoms with E-state index < -0.39 is 5.01 Å². The van der Waals surface area contributed by atoms with Crippen LogP contribution in [0.1, 0.15) is 17.5 Å². The Hall–Kier alpha value is -1.04. The van der Waals surface area contributed by atoms with Gasteiger partial charge in [-0.15, -0.1) is 0 Å². The maximum absolute atomic E-state index is 9.33. The summed E-state index contributed by atoms with van der Waals surface area (Å²) in [5.41, 5.74) is 2.20. The molecule has 5 heteroatoms. The molecule has 2 atom stereocenters. The van der Waals surface area contributed by atoms with Crippen LogP contribution in [0.2, 0.25) is 0 Å². The quantitative estimate of drug-likeness (QED) is 0.687. The summed E-state index contributed by atoms with van der Waals surface area (Å²) < 4.78 is 5.61. The molecule has 3 nitrogen and oxygen atoms in total. The molecule has 0 amide bonds. The number of para-hydroxylation sites is 2. The van der Waals surface area contributed by atoms with Crippen molar-refractivity contribution in [1.82, 2.24) is 0 Å². The van der Waals surface area contributed by atoms with E-state index in [0.29, 0.717) is 24.7 Å². The van der Waals surface area contributed by atoms with Gasteiger partial charge >= 0.3 is 0 Å². The lowest BCUT2D eigenvalue weighted by Crippen LogP contribution is -2.13. The van der Waals surface area contributed by atoms with Crippen LogP contribution in [0.25, 0.3) is 0 Å². The Morgan fingerprint density at radius 3 is 2.48 bits per heavy atom. The third kappa shape index (κ3) is 5.83. The number of rotatable bonds is 4. The van der Waals surface area contributed by atoms with Crippen LogP contribution in [0, 0.1) is 0 Å². The molecule has 0 aromatic heterocycles. The lowest BCUT2D eigenvalue weighted by molar-refractivity contribution is 0.259. The van der Waals surface area contributed by atoms with Gasteiger partial charge < -0.3 is 14.9 Å². The molecule has 2 aromatic rings. The molecule has 0 bridgehead atoms. The van der Waals surface area contributed by atoms with Gasteiger partial charge in [0.1, 0.15) is 22.6 Å². The molecule has 2 N–H and O–H groups in total. The fraction of sp³-hybridized carbons (Fsp3) is 0.333. The first-order valence-electron chi connectivity index (χ1n) is 7.49. The van der Waals surface area contributed by atoms with Crippen LogP contribution in [0.3, 0.4) is 0 Å². The van der Waals surface area contributed by atoms with Crippen molar-refractivity contribution in [2.75, 3.05) is 5.33 Å². The van der Waals surface area contributed by atoms with E-state index in [4.69, 9.17) is 9.84 Å². The van der Waals surface area contributed by atoms with Crippen molar-refractivity contribution >= 4 is 31.9 Å². The average Bonchev–Trinajstić information content (AvgIpc) is 2.98. The van der Waals surface area contributed by atoms with Gasteiger partial charge in [-0.1, -0.05) is 68.3 Å². The van der Waals surface area contributed by atoms with E-state index in [1.807, 2.05) is 24.3 Å². The highest BCUT2D eigenvalue weighted by Crippen LogP contribution is 2.28. The highest BCUT2D eigenvalue weighted by Gasteiger charge is 2.20. The highest BCUT2D eigenvalue weighted by atomic mass is 79.9. The van der Waals surface area contributed by atoms with Crippen LogP contribution >= 0.6 is 31.9 Å². The normalized spacial score (nSPS) is 16.7. The SMILES string of the molecule is BrC[C@@H]1Cc2ccccc2O1.Oc1ccccc1CC[C@H](O)Br. The molecule has 3 rings (SSSR count). The highest BCUT2D eigenvalue weighted by molar-refractivity contribution is 9.09. The summed E-state index contributed by atoms with van der Waals surface area (Å²) >= 11 is 6.44. The second-order valence-electron chi connectivity index (χ2n) is 5.31. The Labute approximate surface area is 153 Å². The summed E-state index contributed by atoms with van der Waals surface area (Å²) in [4.78, 5) is 0. The van der Waals surface area contributed by atoms with E-state index >= 15 is 0 Å². The van der Waals surface area contributed by atoms with E-state index in [1.165, 1.54) is 5.56 Å². The average molecular weight is 444 g/mol. The number of aryl methyl sites for hydroxylation is 1. The second kappa shape index (κ2) is 9.30. The molecular formula is C18H20Br2O3. The summed E-state index contributed by atoms with van der Waals surface area (Å²) in [5, 5.41) is 18.7. The predicted octanol–water partition coefficient (Wildman–Crippen LogP) is 4.42. The summed E-state index contributed by atoms with van der Waals surface area (Å²) in [7, 11) is 0. The number of aliphatic hydroxyl groups excluding tert-OH is 1. The van der Waals surface area contributed by atoms with Crippen molar-refractivity contribution in [1.29, 1.82) is 0 Å². The number of alkyl halides is 2. The van der Waals surface area contributed by atoms with Crippen LogP contribution in [-0.4, -0.2) is 26.7 Å². The first-order chi connectivity index (χ1) is 11.1. The van der Waals surface area contributed by atoms with Gasteiger partial charge in [0.25, 0.3) is 0 Å². The Kier molecular flexibility index (Phi) is 7.40. The third-order valence-electron chi connectivity index (χ3n) is 3.53. The van der Waals surface area contributed by atoms with Crippen LogP contribution in [0.5, 0.6) is 11.5 Å². The molecule has 0 aliphatic carbocycles. The maximum atomic E-state index is 9.33. The zero-order valence-corrected chi connectivity index (χ0v) is 15.8. The first kappa shape index (κ1) is 18.3. The lowest BCUT2D eigenvalue weighted by Gasteiger charge is -2.04. The monoisotopic (exact) mass is 442 g/mol. The number of hydrogen-bond acceptors (Lipinski definition) is 3. The van der Waals surface area contributed by atoms with Gasteiger partial charge in [0, 0.05) is 11.8 Å². The zero-order chi connectivity index (χ0) is 16.7. The molecule has 0 saturated carbocycles. The van der Waals surface area contributed by atoms with Crippen molar-refractivity contribution < 1.29 is 14.9 Å². The molecule has 2 aromatic carbocycles. The Morgan fingerprint density at radius 1 is 1.13 bits per heavy atom. The van der Waals surface area contributed by atoms with Crippen LogP contribution < -0.4 is 4.74 Å². The fourth-order valence-electron chi connectivity index (χ4n) is 2.34. The smallest absolute Gasteiger partial charge is 0.123 e. The summed E-state index contributed by atoms with van der Waals surface area (Å²) in [6, 6.07) is 15.4. The molecule has 0 radical (unpaired) electrons. The van der Waals surface area contributed by atoms with Gasteiger partial charge in [-0.25, -0.2) is 0 Å². The van der Waals surface area contributed by atoms with Gasteiger partial charge in [0.15, 0.2) is 0 Å². The van der Waals surface area contributed by atoms with E-state index in [1.54, 1.807) is 12.1 Å². The first-order valence-corrected chi connectivity index (χ1v) is 9.53. The molecule has 1 heterocycles. The van der Waals surface area contributed by atoms with Gasteiger partial charge in [-0.3, -0.25) is 0 Å². The van der Waals surface area contributed by atoms with Crippen molar-refractivity contribution in [3.05, 3.63) is 59.7 Å². The minimum atomic E-state index is -0.489. The molecule has 0 unspecified atom stereocenters. The van der Waals surface area contributed by atoms with Crippen LogP contribution in [-0.2, 0) is 12.8 Å². The number of ether oxygens (including phenoxy) is 1. The van der Waals surface area contributed by atoms with Crippen LogP contribution in [0.15, 0.2) is 48.5 Å². The Balaban J connectivity index is 0.000000167.